The summed E-state index contributed by atoms with van der Waals surface area (Å²) in [5.74, 6) is -0.814. The molecule has 0 aliphatic rings. The fraction of sp³-hybridized carbons (Fsp3) is 0.208. The van der Waals surface area contributed by atoms with Crippen molar-refractivity contribution in [1.29, 1.82) is 5.26 Å². The van der Waals surface area contributed by atoms with Crippen LogP contribution in [0, 0.1) is 11.3 Å². The highest BCUT2D eigenvalue weighted by Crippen LogP contribution is 2.27. The van der Waals surface area contributed by atoms with Crippen molar-refractivity contribution in [2.45, 2.75) is 32.2 Å². The van der Waals surface area contributed by atoms with Gasteiger partial charge in [-0.05, 0) is 30.0 Å². The van der Waals surface area contributed by atoms with E-state index >= 15 is 0 Å². The van der Waals surface area contributed by atoms with E-state index in [-0.39, 0.29) is 17.5 Å². The van der Waals surface area contributed by atoms with Crippen molar-refractivity contribution in [3.8, 4) is 28.5 Å². The maximum absolute atomic E-state index is 13.2. The molecule has 0 unspecified atom stereocenters. The lowest BCUT2D eigenvalue weighted by molar-refractivity contribution is -0.137. The highest BCUT2D eigenvalue weighted by atomic mass is 16.4. The van der Waals surface area contributed by atoms with Gasteiger partial charge in [0.05, 0.1) is 5.69 Å². The van der Waals surface area contributed by atoms with Crippen LogP contribution >= 0.6 is 0 Å². The molecule has 0 saturated carbocycles. The molecule has 0 bridgehead atoms. The number of hydrogen-bond donors (Lipinski definition) is 1. The van der Waals surface area contributed by atoms with Crippen LogP contribution in [0.2, 0.25) is 0 Å². The fourth-order valence-electron chi connectivity index (χ4n) is 3.39. The van der Waals surface area contributed by atoms with Crippen LogP contribution in [0.4, 0.5) is 0 Å². The number of carboxylic acids is 1. The van der Waals surface area contributed by atoms with Crippen molar-refractivity contribution in [1.82, 2.24) is 4.57 Å². The Labute approximate surface area is 169 Å². The summed E-state index contributed by atoms with van der Waals surface area (Å²) in [6.45, 7) is 0.437. The first-order valence-corrected chi connectivity index (χ1v) is 9.62. The van der Waals surface area contributed by atoms with Gasteiger partial charge in [0.15, 0.2) is 0 Å². The molecule has 0 saturated heterocycles. The van der Waals surface area contributed by atoms with Crippen LogP contribution in [0.15, 0.2) is 71.5 Å². The molecule has 0 radical (unpaired) electrons. The number of aromatic nitrogens is 1. The summed E-state index contributed by atoms with van der Waals surface area (Å²) >= 11 is 0. The van der Waals surface area contributed by atoms with Crippen LogP contribution in [-0.4, -0.2) is 15.6 Å². The van der Waals surface area contributed by atoms with E-state index in [1.807, 2.05) is 66.7 Å². The van der Waals surface area contributed by atoms with Gasteiger partial charge >= 0.3 is 5.97 Å². The zero-order chi connectivity index (χ0) is 20.6. The van der Waals surface area contributed by atoms with E-state index in [4.69, 9.17) is 5.11 Å². The molecule has 5 heteroatoms. The Morgan fingerprint density at radius 2 is 1.55 bits per heavy atom. The molecule has 3 rings (SSSR count). The van der Waals surface area contributed by atoms with E-state index in [0.29, 0.717) is 31.4 Å². The second kappa shape index (κ2) is 9.52. The van der Waals surface area contributed by atoms with E-state index < -0.39 is 5.97 Å². The molecule has 146 valence electrons. The number of carbonyl (C=O) groups is 1. The average molecular weight is 386 g/mol. The zero-order valence-corrected chi connectivity index (χ0v) is 16.0. The Hall–Kier alpha value is -3.65. The molecule has 5 nitrogen and oxygen atoms in total. The quantitative estimate of drug-likeness (QED) is 0.569. The summed E-state index contributed by atoms with van der Waals surface area (Å²) in [4.78, 5) is 23.9. The van der Waals surface area contributed by atoms with Crippen LogP contribution in [0.1, 0.15) is 31.2 Å². The van der Waals surface area contributed by atoms with Crippen molar-refractivity contribution in [3.05, 3.63) is 82.6 Å². The third-order valence-corrected chi connectivity index (χ3v) is 4.84. The van der Waals surface area contributed by atoms with Gasteiger partial charge in [0, 0.05) is 18.5 Å². The maximum atomic E-state index is 13.2. The number of aliphatic carboxylic acids is 1. The highest BCUT2D eigenvalue weighted by molar-refractivity contribution is 5.75. The zero-order valence-electron chi connectivity index (χ0n) is 16.0. The Kier molecular flexibility index (Phi) is 6.59. The normalized spacial score (nSPS) is 10.4. The van der Waals surface area contributed by atoms with Gasteiger partial charge in [0.25, 0.3) is 5.56 Å². The summed E-state index contributed by atoms with van der Waals surface area (Å²) in [7, 11) is 0. The summed E-state index contributed by atoms with van der Waals surface area (Å²) in [6.07, 6.45) is 2.06. The van der Waals surface area contributed by atoms with Gasteiger partial charge in [-0.2, -0.15) is 5.26 Å². The van der Waals surface area contributed by atoms with Gasteiger partial charge in [-0.15, -0.1) is 0 Å². The molecule has 0 atom stereocenters. The first kappa shape index (κ1) is 20.1. The monoisotopic (exact) mass is 386 g/mol. The smallest absolute Gasteiger partial charge is 0.303 e. The molecule has 1 aromatic heterocycles. The lowest BCUT2D eigenvalue weighted by Crippen LogP contribution is -2.25. The molecule has 1 heterocycles. The van der Waals surface area contributed by atoms with E-state index in [1.165, 1.54) is 0 Å². The maximum Gasteiger partial charge on any atom is 0.303 e. The van der Waals surface area contributed by atoms with Crippen LogP contribution in [0.25, 0.3) is 22.4 Å². The standard InChI is InChI=1S/C24H22N2O3/c25-17-21-20(18-10-4-1-5-11-18)16-22(19-12-6-2-7-13-19)26(24(21)29)15-9-3-8-14-23(27)28/h1-2,4-7,10-13,16H,3,8-9,14-15H2,(H,27,28). The van der Waals surface area contributed by atoms with Crippen molar-refractivity contribution in [2.24, 2.45) is 0 Å². The van der Waals surface area contributed by atoms with E-state index in [9.17, 15) is 14.9 Å². The average Bonchev–Trinajstić information content (AvgIpc) is 2.75. The first-order chi connectivity index (χ1) is 14.1. The van der Waals surface area contributed by atoms with Gasteiger partial charge in [-0.1, -0.05) is 67.1 Å². The van der Waals surface area contributed by atoms with Crippen LogP contribution < -0.4 is 5.56 Å². The number of unbranched alkanes of at least 4 members (excludes halogenated alkanes) is 2. The summed E-state index contributed by atoms with van der Waals surface area (Å²) in [5.41, 5.74) is 2.92. The third-order valence-electron chi connectivity index (χ3n) is 4.84. The van der Waals surface area contributed by atoms with Gasteiger partial charge in [-0.25, -0.2) is 0 Å². The van der Waals surface area contributed by atoms with E-state index in [0.717, 1.165) is 16.8 Å². The van der Waals surface area contributed by atoms with Crippen molar-refractivity contribution in [3.63, 3.8) is 0 Å². The number of benzene rings is 2. The Bertz CT molecular complexity index is 1080. The van der Waals surface area contributed by atoms with Crippen molar-refractivity contribution in [2.75, 3.05) is 0 Å². The summed E-state index contributed by atoms with van der Waals surface area (Å²) in [6, 6.07) is 23.1. The largest absolute Gasteiger partial charge is 0.481 e. The number of nitriles is 1. The minimum Gasteiger partial charge on any atom is -0.481 e. The minimum absolute atomic E-state index is 0.122. The number of hydrogen-bond acceptors (Lipinski definition) is 3. The van der Waals surface area contributed by atoms with E-state index in [2.05, 4.69) is 6.07 Å². The molecule has 29 heavy (non-hydrogen) atoms. The Morgan fingerprint density at radius 3 is 2.14 bits per heavy atom. The van der Waals surface area contributed by atoms with Crippen LogP contribution in [-0.2, 0) is 11.3 Å². The molecular weight excluding hydrogens is 364 g/mol. The molecule has 0 spiro atoms. The predicted octanol–water partition coefficient (Wildman–Crippen LogP) is 4.70. The lowest BCUT2D eigenvalue weighted by Gasteiger charge is -2.16. The molecular formula is C24H22N2O3. The third kappa shape index (κ3) is 4.80. The second-order valence-electron chi connectivity index (χ2n) is 6.82. The molecule has 3 aromatic rings. The van der Waals surface area contributed by atoms with Crippen LogP contribution in [0.5, 0.6) is 0 Å². The molecule has 0 fully saturated rings. The lowest BCUT2D eigenvalue weighted by atomic mass is 9.98. The van der Waals surface area contributed by atoms with Gasteiger partial charge < -0.3 is 9.67 Å². The van der Waals surface area contributed by atoms with E-state index in [1.54, 1.807) is 4.57 Å². The number of carboxylic acid groups (broad SMARTS) is 1. The van der Waals surface area contributed by atoms with Crippen molar-refractivity contribution < 1.29 is 9.90 Å². The van der Waals surface area contributed by atoms with Gasteiger partial charge in [0.1, 0.15) is 11.6 Å². The number of nitrogens with zero attached hydrogens (tertiary/aromatic N) is 2. The fourth-order valence-corrected chi connectivity index (χ4v) is 3.39. The van der Waals surface area contributed by atoms with Crippen molar-refractivity contribution >= 4 is 5.97 Å². The number of pyridine rings is 1. The first-order valence-electron chi connectivity index (χ1n) is 9.62. The highest BCUT2D eigenvalue weighted by Gasteiger charge is 2.17. The second-order valence-corrected chi connectivity index (χ2v) is 6.82. The topological polar surface area (TPSA) is 83.1 Å². The summed E-state index contributed by atoms with van der Waals surface area (Å²) < 4.78 is 1.64. The Balaban J connectivity index is 2.05. The molecule has 0 aliphatic heterocycles. The summed E-state index contributed by atoms with van der Waals surface area (Å²) in [5, 5.41) is 18.5. The molecule has 2 aromatic carbocycles. The minimum atomic E-state index is -0.814. The molecule has 1 N–H and O–H groups in total. The van der Waals surface area contributed by atoms with Gasteiger partial charge in [0.2, 0.25) is 0 Å². The molecule has 0 aliphatic carbocycles. The molecule has 0 amide bonds. The van der Waals surface area contributed by atoms with Gasteiger partial charge in [-0.3, -0.25) is 9.59 Å². The SMILES string of the molecule is N#Cc1c(-c2ccccc2)cc(-c2ccccc2)n(CCCCCC(=O)O)c1=O. The predicted molar refractivity (Wildman–Crippen MR) is 112 cm³/mol. The van der Waals surface area contributed by atoms with Crippen LogP contribution in [0.3, 0.4) is 0 Å². The Morgan fingerprint density at radius 1 is 0.931 bits per heavy atom. The number of rotatable bonds is 8.